The number of fused-ring (bicyclic) bond motifs is 3. The van der Waals surface area contributed by atoms with Gasteiger partial charge in [-0.2, -0.15) is 0 Å². The van der Waals surface area contributed by atoms with Gasteiger partial charge in [0.2, 0.25) is 0 Å². The van der Waals surface area contributed by atoms with Gasteiger partial charge >= 0.3 is 6.09 Å². The Labute approximate surface area is 210 Å². The van der Waals surface area contributed by atoms with Gasteiger partial charge in [0.25, 0.3) is 0 Å². The number of hydrogen-bond acceptors (Lipinski definition) is 5. The molecule has 3 rings (SSSR count). The van der Waals surface area contributed by atoms with Gasteiger partial charge < -0.3 is 19.0 Å². The fraction of sp³-hybridized carbons (Fsp3) is 0.760. The molecule has 0 unspecified atom stereocenters. The van der Waals surface area contributed by atoms with Crippen LogP contribution in [0.3, 0.4) is 0 Å². The first-order chi connectivity index (χ1) is 15.0. The summed E-state index contributed by atoms with van der Waals surface area (Å²) in [6.07, 6.45) is 0.647. The molecular weight excluding hydrogens is 498 g/mol. The third kappa shape index (κ3) is 5.76. The minimum atomic E-state index is -0.780. The van der Waals surface area contributed by atoms with Gasteiger partial charge in [-0.3, -0.25) is 0 Å². The molecule has 0 aromatic carbocycles. The van der Waals surface area contributed by atoms with Crippen LogP contribution in [0.2, 0.25) is 5.04 Å². The smallest absolute Gasteiger partial charge is 0.410 e. The van der Waals surface area contributed by atoms with Crippen molar-refractivity contribution < 1.29 is 14.0 Å². The van der Waals surface area contributed by atoms with E-state index < -0.39 is 21.0 Å². The molecule has 2 aliphatic heterocycles. The summed E-state index contributed by atoms with van der Waals surface area (Å²) in [5.74, 6) is 1.62. The number of rotatable bonds is 5. The Bertz CT molecular complexity index is 898. The number of hydrogen-bond donors (Lipinski definition) is 0. The molecule has 6 nitrogen and oxygen atoms in total. The summed E-state index contributed by atoms with van der Waals surface area (Å²) in [6.45, 7) is 22.6. The van der Waals surface area contributed by atoms with Crippen molar-refractivity contribution in [3.05, 3.63) is 21.8 Å². The quantitative estimate of drug-likeness (QED) is 0.468. The molecule has 0 spiro atoms. The lowest BCUT2D eigenvalue weighted by Gasteiger charge is -2.43. The molecule has 1 fully saturated rings. The minimum Gasteiger partial charge on any atom is -0.444 e. The van der Waals surface area contributed by atoms with Crippen molar-refractivity contribution in [1.29, 1.82) is 0 Å². The molecule has 33 heavy (non-hydrogen) atoms. The highest BCUT2D eigenvalue weighted by atomic mass is 79.9. The van der Waals surface area contributed by atoms with Crippen molar-refractivity contribution in [3.63, 3.8) is 0 Å². The van der Waals surface area contributed by atoms with E-state index in [1.807, 2.05) is 25.7 Å². The van der Waals surface area contributed by atoms with Crippen molar-refractivity contribution in [2.75, 3.05) is 18.0 Å². The van der Waals surface area contributed by atoms with Crippen LogP contribution in [0, 0.1) is 5.92 Å². The lowest BCUT2D eigenvalue weighted by Crippen LogP contribution is -2.58. The lowest BCUT2D eigenvalue weighted by atomic mass is 9.99. The SMILES string of the molecule is CC(C)C(C)(C)[SiH2]OC(C)(C)c1nc2c(cc1Br)C[C@@H]1CN(C(=O)OC(C)(C)C)C[C@@H](C)N21. The second-order valence-electron chi connectivity index (χ2n) is 12.2. The summed E-state index contributed by atoms with van der Waals surface area (Å²) in [6, 6.07) is 2.59. The number of nitrogens with zero attached hydrogens (tertiary/aromatic N) is 3. The highest BCUT2D eigenvalue weighted by Crippen LogP contribution is 2.42. The van der Waals surface area contributed by atoms with E-state index in [2.05, 4.69) is 75.4 Å². The van der Waals surface area contributed by atoms with Crippen molar-refractivity contribution in [1.82, 2.24) is 9.88 Å². The molecule has 1 saturated heterocycles. The number of pyridine rings is 1. The molecule has 0 bridgehead atoms. The lowest BCUT2D eigenvalue weighted by molar-refractivity contribution is 0.0191. The number of anilines is 1. The van der Waals surface area contributed by atoms with Crippen molar-refractivity contribution in [3.8, 4) is 0 Å². The maximum atomic E-state index is 12.7. The summed E-state index contributed by atoms with van der Waals surface area (Å²) in [4.78, 5) is 22.1. The highest BCUT2D eigenvalue weighted by Gasteiger charge is 2.43. The Morgan fingerprint density at radius 3 is 2.39 bits per heavy atom. The molecule has 1 amide bonds. The number of amides is 1. The second kappa shape index (κ2) is 9.15. The summed E-state index contributed by atoms with van der Waals surface area (Å²) in [5.41, 5.74) is 1.22. The third-order valence-electron chi connectivity index (χ3n) is 7.11. The van der Waals surface area contributed by atoms with Crippen LogP contribution < -0.4 is 4.90 Å². The van der Waals surface area contributed by atoms with Crippen molar-refractivity contribution in [2.24, 2.45) is 5.92 Å². The maximum Gasteiger partial charge on any atom is 0.410 e. The third-order valence-corrected chi connectivity index (χ3v) is 10.1. The average molecular weight is 541 g/mol. The highest BCUT2D eigenvalue weighted by molar-refractivity contribution is 9.10. The van der Waals surface area contributed by atoms with Gasteiger partial charge in [-0.25, -0.2) is 9.78 Å². The van der Waals surface area contributed by atoms with Crippen LogP contribution in [0.5, 0.6) is 0 Å². The Balaban J connectivity index is 1.82. The number of carbonyl (C=O) groups excluding carboxylic acids is 1. The van der Waals surface area contributed by atoms with Crippen LogP contribution in [-0.4, -0.2) is 56.5 Å². The van der Waals surface area contributed by atoms with Gasteiger partial charge in [0.05, 0.1) is 17.3 Å². The van der Waals surface area contributed by atoms with Gasteiger partial charge in [0.15, 0.2) is 9.76 Å². The second-order valence-corrected chi connectivity index (χ2v) is 15.5. The predicted molar refractivity (Wildman–Crippen MR) is 141 cm³/mol. The van der Waals surface area contributed by atoms with Crippen molar-refractivity contribution in [2.45, 2.75) is 104 Å². The fourth-order valence-corrected chi connectivity index (χ4v) is 6.42. The average Bonchev–Trinajstić information content (AvgIpc) is 3.02. The zero-order chi connectivity index (χ0) is 24.9. The molecule has 0 N–H and O–H groups in total. The van der Waals surface area contributed by atoms with Crippen LogP contribution in [0.25, 0.3) is 0 Å². The number of halogens is 1. The molecular formula is C25H42BrN3O3Si. The van der Waals surface area contributed by atoms with Crippen LogP contribution in [0.4, 0.5) is 10.6 Å². The number of carbonyl (C=O) groups is 1. The first-order valence-corrected chi connectivity index (χ1v) is 14.2. The van der Waals surface area contributed by atoms with Gasteiger partial charge in [-0.1, -0.05) is 27.7 Å². The largest absolute Gasteiger partial charge is 0.444 e. The van der Waals surface area contributed by atoms with Crippen LogP contribution >= 0.6 is 15.9 Å². The first kappa shape index (κ1) is 26.5. The van der Waals surface area contributed by atoms with Crippen molar-refractivity contribution >= 4 is 37.6 Å². The van der Waals surface area contributed by atoms with Gasteiger partial charge in [0, 0.05) is 23.6 Å². The topological polar surface area (TPSA) is 54.9 Å². The number of piperazine rings is 1. The Morgan fingerprint density at radius 1 is 1.18 bits per heavy atom. The molecule has 8 heteroatoms. The van der Waals surface area contributed by atoms with Gasteiger partial charge in [-0.05, 0) is 86.5 Å². The summed E-state index contributed by atoms with van der Waals surface area (Å²) < 4.78 is 13.2. The number of aromatic nitrogens is 1. The van der Waals surface area contributed by atoms with E-state index in [0.717, 1.165) is 22.4 Å². The summed E-state index contributed by atoms with van der Waals surface area (Å²) in [5, 5.41) is 0.220. The molecule has 0 radical (unpaired) electrons. The Hall–Kier alpha value is -1.12. The predicted octanol–water partition coefficient (Wildman–Crippen LogP) is 5.40. The van der Waals surface area contributed by atoms with E-state index in [1.54, 1.807) is 0 Å². The maximum absolute atomic E-state index is 12.7. The van der Waals surface area contributed by atoms with Crippen LogP contribution in [-0.2, 0) is 21.2 Å². The van der Waals surface area contributed by atoms with Gasteiger partial charge in [0.1, 0.15) is 11.4 Å². The van der Waals surface area contributed by atoms with E-state index in [4.69, 9.17) is 14.1 Å². The normalized spacial score (nSPS) is 21.7. The first-order valence-electron chi connectivity index (χ1n) is 12.1. The fourth-order valence-electron chi connectivity index (χ4n) is 4.37. The molecule has 2 aliphatic rings. The number of ether oxygens (including phenoxy) is 1. The minimum absolute atomic E-state index is 0.164. The molecule has 2 atom stereocenters. The van der Waals surface area contributed by atoms with Crippen LogP contribution in [0.1, 0.15) is 80.5 Å². The molecule has 0 saturated carbocycles. The Morgan fingerprint density at radius 2 is 1.82 bits per heavy atom. The van der Waals surface area contributed by atoms with Gasteiger partial charge in [-0.15, -0.1) is 0 Å². The van der Waals surface area contributed by atoms with E-state index in [0.29, 0.717) is 19.0 Å². The monoisotopic (exact) mass is 539 g/mol. The molecule has 3 heterocycles. The molecule has 0 aliphatic carbocycles. The molecule has 1 aromatic rings. The zero-order valence-electron chi connectivity index (χ0n) is 22.1. The van der Waals surface area contributed by atoms with E-state index in [-0.39, 0.29) is 23.2 Å². The van der Waals surface area contributed by atoms with E-state index in [9.17, 15) is 4.79 Å². The zero-order valence-corrected chi connectivity index (χ0v) is 25.1. The molecule has 186 valence electrons. The van der Waals surface area contributed by atoms with E-state index >= 15 is 0 Å². The Kier molecular flexibility index (Phi) is 7.34. The van der Waals surface area contributed by atoms with Crippen LogP contribution in [0.15, 0.2) is 10.5 Å². The van der Waals surface area contributed by atoms with E-state index in [1.165, 1.54) is 5.56 Å². The summed E-state index contributed by atoms with van der Waals surface area (Å²) >= 11 is 3.79. The molecule has 1 aromatic heterocycles. The summed E-state index contributed by atoms with van der Waals surface area (Å²) in [7, 11) is -0.780. The standard InChI is InChI=1S/C25H42BrN3O3Si/c1-15(2)25(9,10)33-32-24(7,8)20-19(26)12-17-11-18-14-28(22(30)31-23(4,5)6)13-16(3)29(18)21(17)27-20/h12,15-16,18H,11,13-14,33H2,1-10H3/t16-,18-/m1/s1.